The third-order valence-electron chi connectivity index (χ3n) is 2.31. The van der Waals surface area contributed by atoms with Crippen LogP contribution in [0.25, 0.3) is 0 Å². The number of nitro groups is 1. The van der Waals surface area contributed by atoms with Crippen LogP contribution in [-0.2, 0) is 10.0 Å². The second-order valence-electron chi connectivity index (χ2n) is 3.86. The Kier molecular flexibility index (Phi) is 4.38. The van der Waals surface area contributed by atoms with Gasteiger partial charge in [-0.15, -0.1) is 0 Å². The largest absolute Gasteiger partial charge is 0.392 e. The van der Waals surface area contributed by atoms with Gasteiger partial charge in [-0.1, -0.05) is 6.07 Å². The van der Waals surface area contributed by atoms with Crippen LogP contribution in [0.5, 0.6) is 0 Å². The molecule has 0 saturated carbocycles. The Labute approximate surface area is 105 Å². The fraction of sp³-hybridized carbons (Fsp3) is 0.400. The van der Waals surface area contributed by atoms with Gasteiger partial charge in [0.15, 0.2) is 0 Å². The zero-order chi connectivity index (χ0) is 13.9. The van der Waals surface area contributed by atoms with Crippen molar-refractivity contribution in [1.29, 1.82) is 0 Å². The molecule has 1 aromatic carbocycles. The number of hydrogen-bond acceptors (Lipinski definition) is 5. The average Bonchev–Trinajstić information content (AvgIpc) is 2.26. The maximum Gasteiger partial charge on any atom is 0.273 e. The fourth-order valence-electron chi connectivity index (χ4n) is 1.40. The molecule has 0 heterocycles. The first-order chi connectivity index (χ1) is 8.25. The summed E-state index contributed by atoms with van der Waals surface area (Å²) in [4.78, 5) is 9.93. The normalized spacial score (nSPS) is 13.3. The van der Waals surface area contributed by atoms with E-state index in [1.165, 1.54) is 32.0 Å². The number of benzene rings is 1. The van der Waals surface area contributed by atoms with Crippen molar-refractivity contribution in [2.24, 2.45) is 0 Å². The van der Waals surface area contributed by atoms with Gasteiger partial charge in [0.25, 0.3) is 5.69 Å². The lowest BCUT2D eigenvalue weighted by atomic mass is 10.2. The Bertz CT molecular complexity index is 553. The quantitative estimate of drug-likeness (QED) is 0.602. The molecule has 1 atom stereocenters. The minimum Gasteiger partial charge on any atom is -0.392 e. The zero-order valence-electron chi connectivity index (χ0n) is 9.95. The highest BCUT2D eigenvalue weighted by Gasteiger charge is 2.22. The standard InChI is InChI=1S/C10H14N2O5S/c1-7(13)6-11-18(16,17)10-5-3-4-9(8(10)2)12(14)15/h3-5,7,11,13H,6H2,1-2H3/t7-/m0/s1. The first-order valence-corrected chi connectivity index (χ1v) is 6.65. The Hall–Kier alpha value is -1.51. The van der Waals surface area contributed by atoms with Crippen molar-refractivity contribution in [1.82, 2.24) is 4.72 Å². The van der Waals surface area contributed by atoms with Crippen molar-refractivity contribution in [3.63, 3.8) is 0 Å². The number of aliphatic hydroxyl groups is 1. The van der Waals surface area contributed by atoms with Crippen LogP contribution in [0.15, 0.2) is 23.1 Å². The summed E-state index contributed by atoms with van der Waals surface area (Å²) in [5, 5.41) is 19.8. The van der Waals surface area contributed by atoms with Gasteiger partial charge in [-0.25, -0.2) is 13.1 Å². The monoisotopic (exact) mass is 274 g/mol. The van der Waals surface area contributed by atoms with Crippen LogP contribution in [-0.4, -0.2) is 31.1 Å². The van der Waals surface area contributed by atoms with Crippen LogP contribution < -0.4 is 4.72 Å². The molecule has 0 amide bonds. The van der Waals surface area contributed by atoms with Crippen molar-refractivity contribution in [2.75, 3.05) is 6.54 Å². The van der Waals surface area contributed by atoms with Crippen LogP contribution in [0.3, 0.4) is 0 Å². The van der Waals surface area contributed by atoms with Crippen LogP contribution in [0, 0.1) is 17.0 Å². The van der Waals surface area contributed by atoms with Gasteiger partial charge in [0.05, 0.1) is 15.9 Å². The Morgan fingerprint density at radius 1 is 1.50 bits per heavy atom. The van der Waals surface area contributed by atoms with Gasteiger partial charge in [0.2, 0.25) is 10.0 Å². The van der Waals surface area contributed by atoms with Crippen molar-refractivity contribution in [2.45, 2.75) is 24.8 Å². The molecular formula is C10H14N2O5S. The second kappa shape index (κ2) is 5.42. The van der Waals surface area contributed by atoms with Crippen molar-refractivity contribution in [3.8, 4) is 0 Å². The summed E-state index contributed by atoms with van der Waals surface area (Å²) in [6.07, 6.45) is -0.834. The summed E-state index contributed by atoms with van der Waals surface area (Å²) in [7, 11) is -3.86. The molecule has 1 rings (SSSR count). The first kappa shape index (κ1) is 14.6. The minimum absolute atomic E-state index is 0.0700. The smallest absolute Gasteiger partial charge is 0.273 e. The van der Waals surface area contributed by atoms with E-state index < -0.39 is 21.1 Å². The summed E-state index contributed by atoms with van der Waals surface area (Å²) in [6, 6.07) is 3.83. The number of rotatable bonds is 5. The number of nitrogens with zero attached hydrogens (tertiary/aromatic N) is 1. The zero-order valence-corrected chi connectivity index (χ0v) is 10.8. The van der Waals surface area contributed by atoms with Crippen molar-refractivity contribution < 1.29 is 18.4 Å². The minimum atomic E-state index is -3.86. The SMILES string of the molecule is Cc1c([N+](=O)[O-])cccc1S(=O)(=O)NC[C@H](C)O. The highest BCUT2D eigenvalue weighted by atomic mass is 32.2. The van der Waals surface area contributed by atoms with E-state index >= 15 is 0 Å². The molecule has 1 aromatic rings. The second-order valence-corrected chi connectivity index (χ2v) is 5.59. The van der Waals surface area contributed by atoms with Crippen LogP contribution in [0.2, 0.25) is 0 Å². The number of hydrogen-bond donors (Lipinski definition) is 2. The molecule has 0 bridgehead atoms. The van der Waals surface area contributed by atoms with E-state index in [2.05, 4.69) is 4.72 Å². The van der Waals surface area contributed by atoms with E-state index in [0.29, 0.717) is 0 Å². The van der Waals surface area contributed by atoms with Crippen LogP contribution in [0.4, 0.5) is 5.69 Å². The number of sulfonamides is 1. The lowest BCUT2D eigenvalue weighted by molar-refractivity contribution is -0.385. The van der Waals surface area contributed by atoms with Crippen molar-refractivity contribution in [3.05, 3.63) is 33.9 Å². The average molecular weight is 274 g/mol. The maximum atomic E-state index is 11.9. The molecule has 18 heavy (non-hydrogen) atoms. The third-order valence-corrected chi connectivity index (χ3v) is 3.88. The van der Waals surface area contributed by atoms with E-state index in [0.717, 1.165) is 0 Å². The van der Waals surface area contributed by atoms with E-state index in [-0.39, 0.29) is 22.7 Å². The van der Waals surface area contributed by atoms with Gasteiger partial charge in [0.1, 0.15) is 0 Å². The van der Waals surface area contributed by atoms with E-state index in [9.17, 15) is 18.5 Å². The summed E-state index contributed by atoms with van der Waals surface area (Å²) < 4.78 is 26.0. The summed E-state index contributed by atoms with van der Waals surface area (Å²) in [6.45, 7) is 2.66. The molecule has 0 fully saturated rings. The lowest BCUT2D eigenvalue weighted by Gasteiger charge is -2.10. The molecule has 0 spiro atoms. The molecule has 8 heteroatoms. The van der Waals surface area contributed by atoms with Gasteiger partial charge in [-0.3, -0.25) is 10.1 Å². The third kappa shape index (κ3) is 3.25. The van der Waals surface area contributed by atoms with Crippen molar-refractivity contribution >= 4 is 15.7 Å². The molecule has 7 nitrogen and oxygen atoms in total. The van der Waals surface area contributed by atoms with E-state index in [1.54, 1.807) is 0 Å². The Morgan fingerprint density at radius 2 is 2.11 bits per heavy atom. The lowest BCUT2D eigenvalue weighted by Crippen LogP contribution is -2.31. The Balaban J connectivity index is 3.17. The molecule has 100 valence electrons. The Morgan fingerprint density at radius 3 is 2.61 bits per heavy atom. The van der Waals surface area contributed by atoms with Crippen LogP contribution in [0.1, 0.15) is 12.5 Å². The molecule has 0 aliphatic rings. The molecule has 0 saturated heterocycles. The van der Waals surface area contributed by atoms with E-state index in [1.807, 2.05) is 0 Å². The molecule has 2 N–H and O–H groups in total. The highest BCUT2D eigenvalue weighted by Crippen LogP contribution is 2.24. The van der Waals surface area contributed by atoms with E-state index in [4.69, 9.17) is 5.11 Å². The van der Waals surface area contributed by atoms with Gasteiger partial charge >= 0.3 is 0 Å². The fourth-order valence-corrected chi connectivity index (χ4v) is 2.78. The topological polar surface area (TPSA) is 110 Å². The number of aliphatic hydroxyl groups excluding tert-OH is 1. The highest BCUT2D eigenvalue weighted by molar-refractivity contribution is 7.89. The van der Waals surface area contributed by atoms with Gasteiger partial charge < -0.3 is 5.11 Å². The maximum absolute atomic E-state index is 11.9. The number of nitro benzene ring substituents is 1. The van der Waals surface area contributed by atoms with Gasteiger partial charge in [-0.2, -0.15) is 0 Å². The predicted molar refractivity (Wildman–Crippen MR) is 64.7 cm³/mol. The van der Waals surface area contributed by atoms with Crippen LogP contribution >= 0.6 is 0 Å². The molecule has 0 unspecified atom stereocenters. The predicted octanol–water partition coefficient (Wildman–Crippen LogP) is 0.562. The molecule has 0 aliphatic heterocycles. The summed E-state index contributed by atoms with van der Waals surface area (Å²) in [5.41, 5.74) is -0.185. The molecular weight excluding hydrogens is 260 g/mol. The molecule has 0 aliphatic carbocycles. The molecule has 0 aromatic heterocycles. The first-order valence-electron chi connectivity index (χ1n) is 5.17. The molecule has 0 radical (unpaired) electrons. The number of nitrogens with one attached hydrogen (secondary N) is 1. The summed E-state index contributed by atoms with van der Waals surface area (Å²) >= 11 is 0. The van der Waals surface area contributed by atoms with Gasteiger partial charge in [0, 0.05) is 18.2 Å². The summed E-state index contributed by atoms with van der Waals surface area (Å²) in [5.74, 6) is 0. The van der Waals surface area contributed by atoms with Gasteiger partial charge in [-0.05, 0) is 19.9 Å².